The van der Waals surface area contributed by atoms with Gasteiger partial charge in [-0.1, -0.05) is 17.7 Å². The lowest BCUT2D eigenvalue weighted by Gasteiger charge is -2.07. The number of aromatic carboxylic acids is 1. The van der Waals surface area contributed by atoms with Crippen LogP contribution >= 0.6 is 0 Å². The number of carbonyl (C=O) groups excluding carboxylic acids is 1. The molecule has 0 fully saturated rings. The van der Waals surface area contributed by atoms with Gasteiger partial charge in [-0.2, -0.15) is 0 Å². The third kappa shape index (κ3) is 4.95. The van der Waals surface area contributed by atoms with Gasteiger partial charge in [0.15, 0.2) is 0 Å². The maximum atomic E-state index is 11.8. The van der Waals surface area contributed by atoms with Crippen LogP contribution in [0.3, 0.4) is 0 Å². The molecule has 19 heavy (non-hydrogen) atoms. The molecule has 4 heteroatoms. The van der Waals surface area contributed by atoms with Crippen molar-refractivity contribution < 1.29 is 19.4 Å². The molecule has 1 rings (SSSR count). The zero-order chi connectivity index (χ0) is 14.3. The summed E-state index contributed by atoms with van der Waals surface area (Å²) in [6.45, 7) is 6.04. The molecule has 0 bridgehead atoms. The Morgan fingerprint density at radius 3 is 2.42 bits per heavy atom. The van der Waals surface area contributed by atoms with E-state index in [1.54, 1.807) is 12.1 Å². The molecule has 0 aliphatic rings. The first-order valence-corrected chi connectivity index (χ1v) is 6.16. The highest BCUT2D eigenvalue weighted by molar-refractivity contribution is 6.02. The van der Waals surface area contributed by atoms with Gasteiger partial charge in [0.1, 0.15) is 0 Å². The van der Waals surface area contributed by atoms with Crippen molar-refractivity contribution in [3.63, 3.8) is 0 Å². The van der Waals surface area contributed by atoms with Gasteiger partial charge in [-0.25, -0.2) is 9.59 Å². The van der Waals surface area contributed by atoms with E-state index in [0.29, 0.717) is 6.61 Å². The molecule has 102 valence electrons. The van der Waals surface area contributed by atoms with Gasteiger partial charge in [0.05, 0.1) is 17.7 Å². The van der Waals surface area contributed by atoms with Gasteiger partial charge in [0.2, 0.25) is 0 Å². The Balaban J connectivity index is 2.50. The molecule has 1 N–H and O–H groups in total. The largest absolute Gasteiger partial charge is 0.478 e. The molecule has 0 unspecified atom stereocenters. The molecule has 0 aliphatic heterocycles. The smallest absolute Gasteiger partial charge is 0.339 e. The van der Waals surface area contributed by atoms with Crippen molar-refractivity contribution >= 4 is 11.9 Å². The molecule has 0 aromatic heterocycles. The van der Waals surface area contributed by atoms with Crippen molar-refractivity contribution in [1.82, 2.24) is 0 Å². The van der Waals surface area contributed by atoms with Crippen molar-refractivity contribution in [2.75, 3.05) is 6.61 Å². The van der Waals surface area contributed by atoms with Crippen molar-refractivity contribution in [2.45, 2.75) is 26.2 Å². The van der Waals surface area contributed by atoms with E-state index < -0.39 is 11.9 Å². The van der Waals surface area contributed by atoms with Gasteiger partial charge in [0.25, 0.3) is 0 Å². The Morgan fingerprint density at radius 2 is 1.84 bits per heavy atom. The molecule has 0 aliphatic carbocycles. The van der Waals surface area contributed by atoms with E-state index in [0.717, 1.165) is 24.8 Å². The number of benzene rings is 1. The molecule has 0 atom stereocenters. The minimum Gasteiger partial charge on any atom is -0.478 e. The van der Waals surface area contributed by atoms with Crippen LogP contribution in [0.1, 0.15) is 46.9 Å². The van der Waals surface area contributed by atoms with Crippen molar-refractivity contribution in [1.29, 1.82) is 0 Å². The number of esters is 1. The van der Waals surface area contributed by atoms with Gasteiger partial charge in [-0.05, 0) is 38.3 Å². The highest BCUT2D eigenvalue weighted by Crippen LogP contribution is 2.11. The Morgan fingerprint density at radius 1 is 1.21 bits per heavy atom. The van der Waals surface area contributed by atoms with Gasteiger partial charge in [-0.15, -0.1) is 6.58 Å². The van der Waals surface area contributed by atoms with Gasteiger partial charge in [0, 0.05) is 0 Å². The van der Waals surface area contributed by atoms with Crippen LogP contribution < -0.4 is 0 Å². The molecular formula is C15H18O4. The molecule has 4 nitrogen and oxygen atoms in total. The van der Waals surface area contributed by atoms with E-state index >= 15 is 0 Å². The van der Waals surface area contributed by atoms with Crippen LogP contribution in [0, 0.1) is 0 Å². The molecule has 0 heterocycles. The summed E-state index contributed by atoms with van der Waals surface area (Å²) in [6, 6.07) is 6.04. The first-order chi connectivity index (χ1) is 9.02. The lowest BCUT2D eigenvalue weighted by Crippen LogP contribution is -2.12. The summed E-state index contributed by atoms with van der Waals surface area (Å²) in [5.74, 6) is -1.72. The lowest BCUT2D eigenvalue weighted by atomic mass is 10.1. The molecule has 0 radical (unpaired) electrons. The van der Waals surface area contributed by atoms with Crippen LogP contribution in [0.15, 0.2) is 36.4 Å². The molecule has 0 saturated carbocycles. The summed E-state index contributed by atoms with van der Waals surface area (Å²) in [4.78, 5) is 22.7. The summed E-state index contributed by atoms with van der Waals surface area (Å²) >= 11 is 0. The molecule has 1 aromatic carbocycles. The van der Waals surface area contributed by atoms with Gasteiger partial charge >= 0.3 is 11.9 Å². The average Bonchev–Trinajstić information content (AvgIpc) is 2.37. The lowest BCUT2D eigenvalue weighted by molar-refractivity contribution is 0.0488. The highest BCUT2D eigenvalue weighted by atomic mass is 16.5. The standard InChI is InChI=1S/C15H18O4/c1-11(2)7-5-6-10-19-15(18)13-9-4-3-8-12(13)14(16)17/h3-4,8-9H,1,5-7,10H2,2H3,(H,16,17). The second-order valence-corrected chi connectivity index (χ2v) is 4.40. The monoisotopic (exact) mass is 262 g/mol. The molecule has 0 spiro atoms. The summed E-state index contributed by atoms with van der Waals surface area (Å²) < 4.78 is 5.07. The Bertz CT molecular complexity index is 477. The average molecular weight is 262 g/mol. The van der Waals surface area contributed by atoms with E-state index in [4.69, 9.17) is 9.84 Å². The van der Waals surface area contributed by atoms with Crippen LogP contribution in [0.25, 0.3) is 0 Å². The topological polar surface area (TPSA) is 63.6 Å². The summed E-state index contributed by atoms with van der Waals surface area (Å²) in [7, 11) is 0. The number of ether oxygens (including phenoxy) is 1. The first-order valence-electron chi connectivity index (χ1n) is 6.16. The number of carboxylic acid groups (broad SMARTS) is 1. The van der Waals surface area contributed by atoms with E-state index in [-0.39, 0.29) is 11.1 Å². The normalized spacial score (nSPS) is 9.95. The van der Waals surface area contributed by atoms with Crippen LogP contribution in [-0.4, -0.2) is 23.7 Å². The zero-order valence-corrected chi connectivity index (χ0v) is 11.0. The second-order valence-electron chi connectivity index (χ2n) is 4.40. The Kier molecular flexibility index (Phi) is 5.79. The van der Waals surface area contributed by atoms with Crippen LogP contribution in [0.2, 0.25) is 0 Å². The van der Waals surface area contributed by atoms with E-state index in [1.807, 2.05) is 6.92 Å². The maximum absolute atomic E-state index is 11.8. The Hall–Kier alpha value is -2.10. The van der Waals surface area contributed by atoms with Crippen molar-refractivity contribution in [3.8, 4) is 0 Å². The predicted octanol–water partition coefficient (Wildman–Crippen LogP) is 3.29. The Labute approximate surface area is 112 Å². The summed E-state index contributed by atoms with van der Waals surface area (Å²) in [5.41, 5.74) is 1.16. The SMILES string of the molecule is C=C(C)CCCCOC(=O)c1ccccc1C(=O)O. The number of carbonyl (C=O) groups is 2. The summed E-state index contributed by atoms with van der Waals surface area (Å²) in [5, 5.41) is 8.97. The van der Waals surface area contributed by atoms with Crippen molar-refractivity contribution in [3.05, 3.63) is 47.5 Å². The van der Waals surface area contributed by atoms with Crippen molar-refractivity contribution in [2.24, 2.45) is 0 Å². The van der Waals surface area contributed by atoms with Crippen LogP contribution in [0.4, 0.5) is 0 Å². The number of rotatable bonds is 7. The van der Waals surface area contributed by atoms with E-state index in [2.05, 4.69) is 6.58 Å². The molecule has 0 saturated heterocycles. The first kappa shape index (κ1) is 15.0. The number of unbranched alkanes of at least 4 members (excludes halogenated alkanes) is 1. The number of carboxylic acids is 1. The highest BCUT2D eigenvalue weighted by Gasteiger charge is 2.16. The fourth-order valence-electron chi connectivity index (χ4n) is 1.62. The van der Waals surface area contributed by atoms with Gasteiger partial charge in [-0.3, -0.25) is 0 Å². The van der Waals surface area contributed by atoms with E-state index in [1.165, 1.54) is 12.1 Å². The minimum absolute atomic E-state index is 0.0329. The second kappa shape index (κ2) is 7.36. The van der Waals surface area contributed by atoms with Crippen LogP contribution in [-0.2, 0) is 4.74 Å². The van der Waals surface area contributed by atoms with Crippen LogP contribution in [0.5, 0.6) is 0 Å². The summed E-state index contributed by atoms with van der Waals surface area (Å²) in [6.07, 6.45) is 2.56. The quantitative estimate of drug-likeness (QED) is 0.465. The fraction of sp³-hybridized carbons (Fsp3) is 0.333. The fourth-order valence-corrected chi connectivity index (χ4v) is 1.62. The predicted molar refractivity (Wildman–Crippen MR) is 72.3 cm³/mol. The molecule has 1 aromatic rings. The number of allylic oxidation sites excluding steroid dienone is 1. The molecular weight excluding hydrogens is 244 g/mol. The van der Waals surface area contributed by atoms with E-state index in [9.17, 15) is 9.59 Å². The molecule has 0 amide bonds. The third-order valence-electron chi connectivity index (χ3n) is 2.61. The van der Waals surface area contributed by atoms with Gasteiger partial charge < -0.3 is 9.84 Å². The maximum Gasteiger partial charge on any atom is 0.339 e. The number of hydrogen-bond acceptors (Lipinski definition) is 3. The zero-order valence-electron chi connectivity index (χ0n) is 11.0. The minimum atomic E-state index is -1.13. The number of hydrogen-bond donors (Lipinski definition) is 1. The third-order valence-corrected chi connectivity index (χ3v) is 2.61.